The maximum Gasteiger partial charge on any atom is 0.231 e. The molecular formula is C16H15ClN2O3. The Labute approximate surface area is 132 Å². The quantitative estimate of drug-likeness (QED) is 0.733. The highest BCUT2D eigenvalue weighted by molar-refractivity contribution is 6.32. The number of benzene rings is 1. The number of halogens is 1. The lowest BCUT2D eigenvalue weighted by Gasteiger charge is -1.99. The molecular weight excluding hydrogens is 304 g/mol. The fourth-order valence-electron chi connectivity index (χ4n) is 2.75. The molecule has 0 unspecified atom stereocenters. The molecule has 5 nitrogen and oxygen atoms in total. The zero-order valence-electron chi connectivity index (χ0n) is 12.1. The Balaban J connectivity index is 1.62. The number of nitrogens with zero attached hydrogens (tertiary/aromatic N) is 2. The van der Waals surface area contributed by atoms with Gasteiger partial charge in [0.25, 0.3) is 0 Å². The number of aromatic nitrogens is 2. The predicted octanol–water partition coefficient (Wildman–Crippen LogP) is 3.87. The molecule has 1 atom stereocenters. The van der Waals surface area contributed by atoms with Gasteiger partial charge < -0.3 is 13.7 Å². The molecule has 114 valence electrons. The molecule has 2 aromatic heterocycles. The molecule has 0 radical (unpaired) electrons. The standard InChI is InChI=1S/C16H15ClN2O3/c1-9-4-14-12(6-13(9)17)11(8-21-14)5-15-18-16(19-22-15)10-2-3-20-7-10/h4,6,8,10H,2-3,5,7H2,1H3/t10-/m1/s1. The normalized spacial score (nSPS) is 18.4. The monoisotopic (exact) mass is 318 g/mol. The molecule has 3 heterocycles. The Morgan fingerprint density at radius 2 is 2.27 bits per heavy atom. The average molecular weight is 319 g/mol. The van der Waals surface area contributed by atoms with Gasteiger partial charge in [-0.15, -0.1) is 0 Å². The third kappa shape index (κ3) is 2.40. The topological polar surface area (TPSA) is 61.3 Å². The molecule has 0 saturated carbocycles. The van der Waals surface area contributed by atoms with E-state index in [1.165, 1.54) is 0 Å². The lowest BCUT2D eigenvalue weighted by Crippen LogP contribution is -2.00. The van der Waals surface area contributed by atoms with Crippen LogP contribution in [0, 0.1) is 6.92 Å². The van der Waals surface area contributed by atoms with Crippen LogP contribution in [0.1, 0.15) is 35.2 Å². The number of ether oxygens (including phenoxy) is 1. The van der Waals surface area contributed by atoms with Crippen LogP contribution in [-0.4, -0.2) is 23.4 Å². The molecule has 1 aromatic carbocycles. The van der Waals surface area contributed by atoms with Gasteiger partial charge in [0.1, 0.15) is 5.58 Å². The summed E-state index contributed by atoms with van der Waals surface area (Å²) in [6.07, 6.45) is 3.21. The van der Waals surface area contributed by atoms with E-state index in [-0.39, 0.29) is 5.92 Å². The Kier molecular flexibility index (Phi) is 3.39. The van der Waals surface area contributed by atoms with Crippen molar-refractivity contribution in [1.29, 1.82) is 0 Å². The second-order valence-corrected chi connectivity index (χ2v) is 6.05. The summed E-state index contributed by atoms with van der Waals surface area (Å²) in [5.74, 6) is 1.56. The summed E-state index contributed by atoms with van der Waals surface area (Å²) in [5, 5.41) is 5.78. The molecule has 1 aliphatic rings. The summed E-state index contributed by atoms with van der Waals surface area (Å²) < 4.78 is 16.3. The summed E-state index contributed by atoms with van der Waals surface area (Å²) in [5.41, 5.74) is 2.81. The van der Waals surface area contributed by atoms with Crippen molar-refractivity contribution < 1.29 is 13.7 Å². The highest BCUT2D eigenvalue weighted by atomic mass is 35.5. The van der Waals surface area contributed by atoms with E-state index in [1.807, 2.05) is 19.1 Å². The minimum atomic E-state index is 0.246. The molecule has 0 spiro atoms. The van der Waals surface area contributed by atoms with Crippen LogP contribution in [0.2, 0.25) is 5.02 Å². The Hall–Kier alpha value is -1.85. The van der Waals surface area contributed by atoms with Crippen molar-refractivity contribution in [2.45, 2.75) is 25.7 Å². The van der Waals surface area contributed by atoms with Crippen molar-refractivity contribution >= 4 is 22.6 Å². The molecule has 0 N–H and O–H groups in total. The maximum atomic E-state index is 6.20. The van der Waals surface area contributed by atoms with Crippen LogP contribution in [0.25, 0.3) is 11.0 Å². The zero-order chi connectivity index (χ0) is 15.1. The summed E-state index contributed by atoms with van der Waals surface area (Å²) in [6, 6.07) is 3.86. The predicted molar refractivity (Wildman–Crippen MR) is 81.2 cm³/mol. The number of hydrogen-bond acceptors (Lipinski definition) is 5. The Morgan fingerprint density at radius 1 is 1.36 bits per heavy atom. The average Bonchev–Trinajstić information content (AvgIpc) is 3.22. The van der Waals surface area contributed by atoms with Gasteiger partial charge in [-0.05, 0) is 31.0 Å². The highest BCUT2D eigenvalue weighted by Gasteiger charge is 2.23. The van der Waals surface area contributed by atoms with Crippen LogP contribution < -0.4 is 0 Å². The zero-order valence-corrected chi connectivity index (χ0v) is 12.9. The van der Waals surface area contributed by atoms with E-state index in [0.717, 1.165) is 46.0 Å². The summed E-state index contributed by atoms with van der Waals surface area (Å²) in [7, 11) is 0. The van der Waals surface area contributed by atoms with E-state index >= 15 is 0 Å². The van der Waals surface area contributed by atoms with E-state index in [0.29, 0.717) is 18.9 Å². The lowest BCUT2D eigenvalue weighted by atomic mass is 10.1. The number of aryl methyl sites for hydroxylation is 1. The van der Waals surface area contributed by atoms with Crippen LogP contribution in [0.5, 0.6) is 0 Å². The molecule has 0 bridgehead atoms. The number of furan rings is 1. The van der Waals surface area contributed by atoms with E-state index < -0.39 is 0 Å². The minimum absolute atomic E-state index is 0.246. The highest BCUT2D eigenvalue weighted by Crippen LogP contribution is 2.29. The molecule has 3 aromatic rings. The Bertz CT molecular complexity index is 818. The van der Waals surface area contributed by atoms with Gasteiger partial charge in [0, 0.05) is 28.5 Å². The van der Waals surface area contributed by atoms with Gasteiger partial charge in [-0.25, -0.2) is 0 Å². The third-order valence-electron chi connectivity index (χ3n) is 4.06. The van der Waals surface area contributed by atoms with Crippen molar-refractivity contribution in [2.24, 2.45) is 0 Å². The Morgan fingerprint density at radius 3 is 3.09 bits per heavy atom. The molecule has 1 aliphatic heterocycles. The largest absolute Gasteiger partial charge is 0.464 e. The van der Waals surface area contributed by atoms with E-state index in [2.05, 4.69) is 10.1 Å². The first kappa shape index (κ1) is 13.8. The summed E-state index contributed by atoms with van der Waals surface area (Å²) >= 11 is 6.20. The lowest BCUT2D eigenvalue weighted by molar-refractivity contribution is 0.192. The fourth-order valence-corrected chi connectivity index (χ4v) is 2.91. The molecule has 4 rings (SSSR count). The first-order valence-corrected chi connectivity index (χ1v) is 7.65. The second kappa shape index (κ2) is 5.41. The SMILES string of the molecule is Cc1cc2occ(Cc3nc([C@@H]4CCOC4)no3)c2cc1Cl. The van der Waals surface area contributed by atoms with Crippen molar-refractivity contribution in [2.75, 3.05) is 13.2 Å². The molecule has 22 heavy (non-hydrogen) atoms. The van der Waals surface area contributed by atoms with Crippen molar-refractivity contribution in [3.05, 3.63) is 46.3 Å². The van der Waals surface area contributed by atoms with E-state index in [9.17, 15) is 0 Å². The van der Waals surface area contributed by atoms with Crippen LogP contribution in [0.15, 0.2) is 27.3 Å². The first-order chi connectivity index (χ1) is 10.7. The van der Waals surface area contributed by atoms with Gasteiger partial charge >= 0.3 is 0 Å². The summed E-state index contributed by atoms with van der Waals surface area (Å²) in [6.45, 7) is 3.39. The van der Waals surface area contributed by atoms with Crippen LogP contribution in [-0.2, 0) is 11.2 Å². The van der Waals surface area contributed by atoms with Crippen LogP contribution in [0.3, 0.4) is 0 Å². The van der Waals surface area contributed by atoms with Crippen LogP contribution in [0.4, 0.5) is 0 Å². The molecule has 0 aliphatic carbocycles. The first-order valence-electron chi connectivity index (χ1n) is 7.27. The van der Waals surface area contributed by atoms with E-state index in [1.54, 1.807) is 6.26 Å². The van der Waals surface area contributed by atoms with Gasteiger partial charge in [0.05, 0.1) is 19.3 Å². The molecule has 1 fully saturated rings. The fraction of sp³-hybridized carbons (Fsp3) is 0.375. The van der Waals surface area contributed by atoms with Gasteiger partial charge in [-0.2, -0.15) is 4.98 Å². The molecule has 6 heteroatoms. The van der Waals surface area contributed by atoms with Crippen molar-refractivity contribution in [1.82, 2.24) is 10.1 Å². The van der Waals surface area contributed by atoms with Gasteiger partial charge in [-0.3, -0.25) is 0 Å². The molecule has 0 amide bonds. The number of fused-ring (bicyclic) bond motifs is 1. The second-order valence-electron chi connectivity index (χ2n) is 5.64. The number of rotatable bonds is 3. The maximum absolute atomic E-state index is 6.20. The number of hydrogen-bond donors (Lipinski definition) is 0. The van der Waals surface area contributed by atoms with Crippen molar-refractivity contribution in [3.63, 3.8) is 0 Å². The van der Waals surface area contributed by atoms with Crippen LogP contribution >= 0.6 is 11.6 Å². The van der Waals surface area contributed by atoms with Gasteiger partial charge in [0.15, 0.2) is 5.82 Å². The molecule has 1 saturated heterocycles. The van der Waals surface area contributed by atoms with Gasteiger partial charge in [-0.1, -0.05) is 16.8 Å². The van der Waals surface area contributed by atoms with E-state index in [4.69, 9.17) is 25.3 Å². The smallest absolute Gasteiger partial charge is 0.231 e. The third-order valence-corrected chi connectivity index (χ3v) is 4.46. The summed E-state index contributed by atoms with van der Waals surface area (Å²) in [4.78, 5) is 4.48. The minimum Gasteiger partial charge on any atom is -0.464 e. The van der Waals surface area contributed by atoms with Gasteiger partial charge in [0.2, 0.25) is 5.89 Å². The van der Waals surface area contributed by atoms with Crippen molar-refractivity contribution in [3.8, 4) is 0 Å².